The minimum Gasteiger partial charge on any atom is -0.398 e. The van der Waals surface area contributed by atoms with Gasteiger partial charge in [0.05, 0.1) is 0 Å². The topological polar surface area (TPSA) is 29.3 Å². The smallest absolute Gasteiger partial charge is 0.0371 e. The average molecular weight is 311 g/mol. The molecule has 2 unspecified atom stereocenters. The number of hydrogen-bond acceptors (Lipinski definition) is 2. The number of halogens is 1. The highest BCUT2D eigenvalue weighted by molar-refractivity contribution is 9.10. The van der Waals surface area contributed by atoms with Crippen molar-refractivity contribution < 1.29 is 0 Å². The number of nitrogens with zero attached hydrogens (tertiary/aromatic N) is 1. The van der Waals surface area contributed by atoms with Crippen molar-refractivity contribution in [3.8, 4) is 0 Å². The third kappa shape index (κ3) is 3.48. The summed E-state index contributed by atoms with van der Waals surface area (Å²) < 4.78 is 1.05. The van der Waals surface area contributed by atoms with E-state index in [1.165, 1.54) is 31.2 Å². The zero-order valence-corrected chi connectivity index (χ0v) is 12.9. The normalized spacial score (nSPS) is 24.4. The van der Waals surface area contributed by atoms with E-state index in [2.05, 4.69) is 46.9 Å². The molecular weight excluding hydrogens is 288 g/mol. The Morgan fingerprint density at radius 3 is 2.83 bits per heavy atom. The van der Waals surface area contributed by atoms with Crippen molar-refractivity contribution in [3.63, 3.8) is 0 Å². The summed E-state index contributed by atoms with van der Waals surface area (Å²) in [5.74, 6) is 0.869. The first-order valence-corrected chi connectivity index (χ1v) is 7.59. The molecule has 1 aliphatic rings. The highest BCUT2D eigenvalue weighted by Gasteiger charge is 2.22. The van der Waals surface area contributed by atoms with Crippen LogP contribution in [0, 0.1) is 5.92 Å². The molecule has 1 aliphatic carbocycles. The molecule has 100 valence electrons. The van der Waals surface area contributed by atoms with Crippen LogP contribution >= 0.6 is 15.9 Å². The third-order valence-electron chi connectivity index (χ3n) is 4.06. The molecular formula is C15H23BrN2. The summed E-state index contributed by atoms with van der Waals surface area (Å²) in [4.78, 5) is 2.47. The number of nitrogens with two attached hydrogens (primary N) is 1. The lowest BCUT2D eigenvalue weighted by molar-refractivity contribution is 0.158. The van der Waals surface area contributed by atoms with Crippen molar-refractivity contribution in [2.24, 2.45) is 5.92 Å². The highest BCUT2D eigenvalue weighted by atomic mass is 79.9. The minimum absolute atomic E-state index is 0.719. The summed E-state index contributed by atoms with van der Waals surface area (Å²) in [5.41, 5.74) is 8.19. The standard InChI is InChI=1S/C15H23BrN2/c1-11-4-3-5-14(8-11)18(2)10-12-6-7-13(16)9-15(12)17/h6-7,9,11,14H,3-5,8,10,17H2,1-2H3. The van der Waals surface area contributed by atoms with E-state index in [-0.39, 0.29) is 0 Å². The second-order valence-corrected chi connectivity index (χ2v) is 6.60. The van der Waals surface area contributed by atoms with Gasteiger partial charge >= 0.3 is 0 Å². The fourth-order valence-electron chi connectivity index (χ4n) is 2.91. The maximum Gasteiger partial charge on any atom is 0.0371 e. The van der Waals surface area contributed by atoms with Crippen LogP contribution in [-0.2, 0) is 6.54 Å². The molecule has 1 fully saturated rings. The van der Waals surface area contributed by atoms with Crippen molar-refractivity contribution in [2.75, 3.05) is 12.8 Å². The molecule has 1 saturated carbocycles. The summed E-state index contributed by atoms with van der Waals surface area (Å²) in [6.07, 6.45) is 5.42. The van der Waals surface area contributed by atoms with Gasteiger partial charge in [-0.1, -0.05) is 41.8 Å². The van der Waals surface area contributed by atoms with Crippen LogP contribution in [0.3, 0.4) is 0 Å². The van der Waals surface area contributed by atoms with Gasteiger partial charge in [-0.15, -0.1) is 0 Å². The Kier molecular flexibility index (Phi) is 4.68. The Balaban J connectivity index is 1.99. The monoisotopic (exact) mass is 310 g/mol. The maximum atomic E-state index is 6.07. The number of rotatable bonds is 3. The van der Waals surface area contributed by atoms with Crippen LogP contribution in [0.25, 0.3) is 0 Å². The van der Waals surface area contributed by atoms with Gasteiger partial charge in [0.25, 0.3) is 0 Å². The molecule has 0 saturated heterocycles. The third-order valence-corrected chi connectivity index (χ3v) is 4.55. The largest absolute Gasteiger partial charge is 0.398 e. The Morgan fingerprint density at radius 2 is 2.17 bits per heavy atom. The van der Waals surface area contributed by atoms with E-state index in [0.29, 0.717) is 0 Å². The van der Waals surface area contributed by atoms with Crippen LogP contribution in [0.4, 0.5) is 5.69 Å². The van der Waals surface area contributed by atoms with Gasteiger partial charge in [0.2, 0.25) is 0 Å². The molecule has 2 atom stereocenters. The van der Waals surface area contributed by atoms with Crippen LogP contribution in [0.1, 0.15) is 38.2 Å². The molecule has 0 radical (unpaired) electrons. The predicted octanol–water partition coefficient (Wildman–Crippen LogP) is 4.04. The average Bonchev–Trinajstić information content (AvgIpc) is 2.32. The van der Waals surface area contributed by atoms with Crippen molar-refractivity contribution in [3.05, 3.63) is 28.2 Å². The lowest BCUT2D eigenvalue weighted by Gasteiger charge is -2.34. The molecule has 0 aliphatic heterocycles. The Bertz CT molecular complexity index is 405. The Morgan fingerprint density at radius 1 is 1.39 bits per heavy atom. The molecule has 0 aromatic heterocycles. The molecule has 0 spiro atoms. The second-order valence-electron chi connectivity index (χ2n) is 5.68. The van der Waals surface area contributed by atoms with Gasteiger partial charge in [0, 0.05) is 22.7 Å². The predicted molar refractivity (Wildman–Crippen MR) is 81.4 cm³/mol. The van der Waals surface area contributed by atoms with Crippen LogP contribution in [0.5, 0.6) is 0 Å². The van der Waals surface area contributed by atoms with Crippen LogP contribution in [0.15, 0.2) is 22.7 Å². The van der Waals surface area contributed by atoms with Crippen molar-refractivity contribution in [2.45, 2.75) is 45.2 Å². The molecule has 0 amide bonds. The van der Waals surface area contributed by atoms with Gasteiger partial charge in [-0.2, -0.15) is 0 Å². The highest BCUT2D eigenvalue weighted by Crippen LogP contribution is 2.28. The molecule has 1 aromatic carbocycles. The quantitative estimate of drug-likeness (QED) is 0.854. The van der Waals surface area contributed by atoms with Crippen LogP contribution < -0.4 is 5.73 Å². The molecule has 1 aromatic rings. The molecule has 3 heteroatoms. The van der Waals surface area contributed by atoms with Gasteiger partial charge in [-0.05, 0) is 43.5 Å². The van der Waals surface area contributed by atoms with E-state index >= 15 is 0 Å². The fraction of sp³-hybridized carbons (Fsp3) is 0.600. The Hall–Kier alpha value is -0.540. The summed E-state index contributed by atoms with van der Waals surface area (Å²) in [6.45, 7) is 3.32. The van der Waals surface area contributed by atoms with Crippen LogP contribution in [-0.4, -0.2) is 18.0 Å². The number of hydrogen-bond donors (Lipinski definition) is 1. The van der Waals surface area contributed by atoms with Crippen molar-refractivity contribution >= 4 is 21.6 Å². The SMILES string of the molecule is CC1CCCC(N(C)Cc2ccc(Br)cc2N)C1. The van der Waals surface area contributed by atoms with E-state index < -0.39 is 0 Å². The van der Waals surface area contributed by atoms with E-state index in [1.807, 2.05) is 6.07 Å². The zero-order chi connectivity index (χ0) is 13.1. The van der Waals surface area contributed by atoms with E-state index in [1.54, 1.807) is 0 Å². The zero-order valence-electron chi connectivity index (χ0n) is 11.3. The van der Waals surface area contributed by atoms with Crippen molar-refractivity contribution in [1.29, 1.82) is 0 Å². The summed E-state index contributed by atoms with van der Waals surface area (Å²) in [7, 11) is 2.23. The van der Waals surface area contributed by atoms with Crippen LogP contribution in [0.2, 0.25) is 0 Å². The number of benzene rings is 1. The summed E-state index contributed by atoms with van der Waals surface area (Å²) in [5, 5.41) is 0. The van der Waals surface area contributed by atoms with E-state index in [0.717, 1.165) is 28.7 Å². The molecule has 2 N–H and O–H groups in total. The first-order valence-electron chi connectivity index (χ1n) is 6.80. The van der Waals surface area contributed by atoms with E-state index in [9.17, 15) is 0 Å². The first kappa shape index (κ1) is 13.9. The molecule has 2 nitrogen and oxygen atoms in total. The first-order chi connectivity index (χ1) is 8.56. The van der Waals surface area contributed by atoms with Gasteiger partial charge < -0.3 is 5.73 Å². The second kappa shape index (κ2) is 6.07. The molecule has 18 heavy (non-hydrogen) atoms. The fourth-order valence-corrected chi connectivity index (χ4v) is 3.29. The summed E-state index contributed by atoms with van der Waals surface area (Å²) >= 11 is 3.45. The lowest BCUT2D eigenvalue weighted by Crippen LogP contribution is -2.35. The van der Waals surface area contributed by atoms with Crippen molar-refractivity contribution in [1.82, 2.24) is 4.90 Å². The van der Waals surface area contributed by atoms with Gasteiger partial charge in [0.15, 0.2) is 0 Å². The van der Waals surface area contributed by atoms with Gasteiger partial charge in [-0.3, -0.25) is 4.90 Å². The Labute approximate surface area is 119 Å². The van der Waals surface area contributed by atoms with Gasteiger partial charge in [0.1, 0.15) is 0 Å². The summed E-state index contributed by atoms with van der Waals surface area (Å²) in [6, 6.07) is 6.91. The maximum absolute atomic E-state index is 6.07. The van der Waals surface area contributed by atoms with E-state index in [4.69, 9.17) is 5.73 Å². The minimum atomic E-state index is 0.719. The number of nitrogen functional groups attached to an aromatic ring is 1. The molecule has 0 bridgehead atoms. The molecule has 0 heterocycles. The van der Waals surface area contributed by atoms with Gasteiger partial charge in [-0.25, -0.2) is 0 Å². The number of anilines is 1. The molecule has 2 rings (SSSR count). The lowest BCUT2D eigenvalue weighted by atomic mass is 9.86.